The summed E-state index contributed by atoms with van der Waals surface area (Å²) in [4.78, 5) is 4.59. The molecule has 17 heavy (non-hydrogen) atoms. The monoisotopic (exact) mass is 249 g/mol. The average Bonchev–Trinajstić information content (AvgIpc) is 2.61. The molecule has 1 saturated carbocycles. The Morgan fingerprint density at radius 2 is 2.24 bits per heavy atom. The lowest BCUT2D eigenvalue weighted by atomic mass is 9.97. The maximum Gasteiger partial charge on any atom is 0.124 e. The first-order valence-corrected chi connectivity index (χ1v) is 6.51. The molecule has 3 unspecified atom stereocenters. The summed E-state index contributed by atoms with van der Waals surface area (Å²) in [5.41, 5.74) is 7.35. The molecule has 1 aliphatic rings. The highest BCUT2D eigenvalue weighted by Crippen LogP contribution is 2.33. The van der Waals surface area contributed by atoms with Crippen LogP contribution >= 0.6 is 12.2 Å². The Bertz CT molecular complexity index is 419. The highest BCUT2D eigenvalue weighted by Gasteiger charge is 2.30. The maximum absolute atomic E-state index is 5.68. The molecule has 0 aromatic carbocycles. The summed E-state index contributed by atoms with van der Waals surface area (Å²) in [6.07, 6.45) is 4.20. The van der Waals surface area contributed by atoms with Crippen molar-refractivity contribution in [3.63, 3.8) is 0 Å². The van der Waals surface area contributed by atoms with Crippen LogP contribution in [0.2, 0.25) is 0 Å². The molecule has 2 rings (SSSR count). The number of hydrogen-bond donors (Lipinski definition) is 2. The second-order valence-corrected chi connectivity index (χ2v) is 5.37. The molecule has 0 amide bonds. The minimum atomic E-state index is 0.354. The third-order valence-corrected chi connectivity index (χ3v) is 4.04. The minimum absolute atomic E-state index is 0.354. The number of rotatable bonds is 3. The lowest BCUT2D eigenvalue weighted by Crippen LogP contribution is -2.26. The Morgan fingerprint density at radius 3 is 2.82 bits per heavy atom. The quantitative estimate of drug-likeness (QED) is 0.808. The van der Waals surface area contributed by atoms with E-state index < -0.39 is 0 Å². The summed E-state index contributed by atoms with van der Waals surface area (Å²) in [5.74, 6) is 1.45. The molecule has 4 heteroatoms. The van der Waals surface area contributed by atoms with Gasteiger partial charge in [-0.15, -0.1) is 0 Å². The molecular weight excluding hydrogens is 230 g/mol. The number of pyridine rings is 1. The van der Waals surface area contributed by atoms with E-state index in [2.05, 4.69) is 24.1 Å². The molecule has 3 atom stereocenters. The van der Waals surface area contributed by atoms with Crippen LogP contribution in [0.5, 0.6) is 0 Å². The van der Waals surface area contributed by atoms with Crippen molar-refractivity contribution in [2.75, 3.05) is 5.32 Å². The average molecular weight is 249 g/mol. The van der Waals surface area contributed by atoms with Crippen molar-refractivity contribution in [2.45, 2.75) is 32.7 Å². The smallest absolute Gasteiger partial charge is 0.124 e. The van der Waals surface area contributed by atoms with E-state index in [0.29, 0.717) is 22.6 Å². The van der Waals surface area contributed by atoms with Crippen molar-refractivity contribution in [1.82, 2.24) is 4.98 Å². The first-order chi connectivity index (χ1) is 8.09. The fourth-order valence-corrected chi connectivity index (χ4v) is 2.65. The lowest BCUT2D eigenvalue weighted by molar-refractivity contribution is 0.435. The van der Waals surface area contributed by atoms with E-state index in [1.54, 1.807) is 6.20 Å². The Balaban J connectivity index is 2.16. The number of hydrogen-bond acceptors (Lipinski definition) is 3. The first-order valence-electron chi connectivity index (χ1n) is 6.11. The second kappa shape index (κ2) is 5.00. The fourth-order valence-electron chi connectivity index (χ4n) is 2.49. The molecule has 1 heterocycles. The number of anilines is 1. The van der Waals surface area contributed by atoms with Crippen molar-refractivity contribution < 1.29 is 0 Å². The molecule has 3 nitrogen and oxygen atoms in total. The Kier molecular flexibility index (Phi) is 3.62. The molecule has 92 valence electrons. The molecule has 0 bridgehead atoms. The van der Waals surface area contributed by atoms with Crippen LogP contribution < -0.4 is 11.1 Å². The van der Waals surface area contributed by atoms with Gasteiger partial charge >= 0.3 is 0 Å². The van der Waals surface area contributed by atoms with E-state index in [1.165, 1.54) is 12.8 Å². The van der Waals surface area contributed by atoms with Crippen molar-refractivity contribution in [3.05, 3.63) is 24.0 Å². The second-order valence-electron chi connectivity index (χ2n) is 4.93. The van der Waals surface area contributed by atoms with Gasteiger partial charge in [0, 0.05) is 12.2 Å². The SMILES string of the molecule is CC1CCC(Nc2cccnc2C(N)=S)C1C. The lowest BCUT2D eigenvalue weighted by Gasteiger charge is -2.21. The molecule has 1 fully saturated rings. The van der Waals surface area contributed by atoms with Crippen molar-refractivity contribution >= 4 is 22.9 Å². The summed E-state index contributed by atoms with van der Waals surface area (Å²) in [6.45, 7) is 4.61. The van der Waals surface area contributed by atoms with Gasteiger partial charge in [0.05, 0.1) is 5.69 Å². The number of nitrogens with one attached hydrogen (secondary N) is 1. The van der Waals surface area contributed by atoms with Crippen LogP contribution in [0, 0.1) is 11.8 Å². The summed E-state index contributed by atoms with van der Waals surface area (Å²) in [6, 6.07) is 4.41. The zero-order chi connectivity index (χ0) is 12.4. The largest absolute Gasteiger partial charge is 0.388 e. The molecule has 0 aliphatic heterocycles. The molecule has 0 radical (unpaired) electrons. The normalized spacial score (nSPS) is 28.0. The van der Waals surface area contributed by atoms with Gasteiger partial charge in [-0.05, 0) is 36.8 Å². The van der Waals surface area contributed by atoms with Gasteiger partial charge in [0.1, 0.15) is 10.7 Å². The summed E-state index contributed by atoms with van der Waals surface area (Å²) >= 11 is 5.02. The van der Waals surface area contributed by atoms with E-state index >= 15 is 0 Å². The predicted molar refractivity (Wildman–Crippen MR) is 75.1 cm³/mol. The Hall–Kier alpha value is -1.16. The van der Waals surface area contributed by atoms with E-state index in [1.807, 2.05) is 12.1 Å². The first kappa shape index (κ1) is 12.3. The molecule has 3 N–H and O–H groups in total. The van der Waals surface area contributed by atoms with Crippen LogP contribution in [0.3, 0.4) is 0 Å². The predicted octanol–water partition coefficient (Wildman–Crippen LogP) is 2.56. The topological polar surface area (TPSA) is 50.9 Å². The molecule has 1 aromatic rings. The molecule has 0 spiro atoms. The number of nitrogens with two attached hydrogens (primary N) is 1. The van der Waals surface area contributed by atoms with Crippen LogP contribution in [0.25, 0.3) is 0 Å². The fraction of sp³-hybridized carbons (Fsp3) is 0.538. The van der Waals surface area contributed by atoms with Gasteiger partial charge in [-0.2, -0.15) is 0 Å². The van der Waals surface area contributed by atoms with Gasteiger partial charge in [-0.3, -0.25) is 4.98 Å². The van der Waals surface area contributed by atoms with Gasteiger partial charge in [-0.1, -0.05) is 26.1 Å². The summed E-state index contributed by atoms with van der Waals surface area (Å²) in [5, 5.41) is 3.54. The zero-order valence-electron chi connectivity index (χ0n) is 10.3. The summed E-state index contributed by atoms with van der Waals surface area (Å²) < 4.78 is 0. The van der Waals surface area contributed by atoms with E-state index in [-0.39, 0.29) is 0 Å². The third kappa shape index (κ3) is 2.57. The third-order valence-electron chi connectivity index (χ3n) is 3.85. The molecule has 1 aromatic heterocycles. The zero-order valence-corrected chi connectivity index (χ0v) is 11.1. The van der Waals surface area contributed by atoms with Crippen molar-refractivity contribution in [3.8, 4) is 0 Å². The minimum Gasteiger partial charge on any atom is -0.388 e. The Morgan fingerprint density at radius 1 is 1.47 bits per heavy atom. The van der Waals surface area contributed by atoms with Gasteiger partial charge in [0.25, 0.3) is 0 Å². The molecular formula is C13H19N3S. The van der Waals surface area contributed by atoms with Gasteiger partial charge in [-0.25, -0.2) is 0 Å². The van der Waals surface area contributed by atoms with E-state index in [4.69, 9.17) is 18.0 Å². The van der Waals surface area contributed by atoms with Gasteiger partial charge in [0.2, 0.25) is 0 Å². The highest BCUT2D eigenvalue weighted by molar-refractivity contribution is 7.80. The van der Waals surface area contributed by atoms with E-state index in [9.17, 15) is 0 Å². The number of aromatic nitrogens is 1. The van der Waals surface area contributed by atoms with Crippen LogP contribution in [0.15, 0.2) is 18.3 Å². The molecule has 0 saturated heterocycles. The van der Waals surface area contributed by atoms with Gasteiger partial charge in [0.15, 0.2) is 0 Å². The number of nitrogens with zero attached hydrogens (tertiary/aromatic N) is 1. The van der Waals surface area contributed by atoms with Crippen molar-refractivity contribution in [2.24, 2.45) is 17.6 Å². The van der Waals surface area contributed by atoms with Crippen LogP contribution in [-0.4, -0.2) is 16.0 Å². The van der Waals surface area contributed by atoms with Crippen LogP contribution in [-0.2, 0) is 0 Å². The van der Waals surface area contributed by atoms with Crippen LogP contribution in [0.1, 0.15) is 32.4 Å². The summed E-state index contributed by atoms with van der Waals surface area (Å²) in [7, 11) is 0. The Labute approximate surface area is 108 Å². The van der Waals surface area contributed by atoms with E-state index in [0.717, 1.165) is 11.6 Å². The number of thiocarbonyl (C=S) groups is 1. The van der Waals surface area contributed by atoms with Crippen LogP contribution in [0.4, 0.5) is 5.69 Å². The van der Waals surface area contributed by atoms with Gasteiger partial charge < -0.3 is 11.1 Å². The maximum atomic E-state index is 5.68. The molecule has 1 aliphatic carbocycles. The standard InChI is InChI=1S/C13H19N3S/c1-8-5-6-10(9(8)2)16-11-4-3-7-15-12(11)13(14)17/h3-4,7-10,16H,5-6H2,1-2H3,(H2,14,17). The highest BCUT2D eigenvalue weighted by atomic mass is 32.1. The van der Waals surface area contributed by atoms with Crippen molar-refractivity contribution in [1.29, 1.82) is 0 Å².